The average molecular weight is 607 g/mol. The smallest absolute Gasteiger partial charge is 0.200 e. The van der Waals surface area contributed by atoms with E-state index in [1.54, 1.807) is 35.5 Å². The predicted octanol–water partition coefficient (Wildman–Crippen LogP) is 7.33. The maximum Gasteiger partial charge on any atom is 0.200 e. The molecule has 2 aliphatic rings. The first-order valence-corrected chi connectivity index (χ1v) is 20.6. The molecular formula is C32H54O7Si2. The number of allylic oxidation sites excluding steroid dienone is 1. The van der Waals surface area contributed by atoms with Crippen LogP contribution < -0.4 is 9.47 Å². The van der Waals surface area contributed by atoms with Gasteiger partial charge < -0.3 is 28.1 Å². The maximum atomic E-state index is 14.9. The zero-order valence-corrected chi connectivity index (χ0v) is 29.8. The number of benzene rings is 1. The lowest BCUT2D eigenvalue weighted by atomic mass is 9.60. The molecule has 0 heterocycles. The van der Waals surface area contributed by atoms with Crippen molar-refractivity contribution in [1.82, 2.24) is 0 Å². The lowest BCUT2D eigenvalue weighted by Crippen LogP contribution is -2.66. The molecule has 1 aromatic carbocycles. The third-order valence-corrected chi connectivity index (χ3v) is 17.8. The number of hydrogen-bond acceptors (Lipinski definition) is 7. The topological polar surface area (TPSA) is 72.5 Å². The van der Waals surface area contributed by atoms with E-state index in [0.29, 0.717) is 40.3 Å². The number of hydrogen-bond donors (Lipinski definition) is 0. The number of carbonyl (C=O) groups excluding carboxylic acids is 1. The SMILES string of the molecule is COC1=C([Si](C)(C)C)C(=O)[C@@H]2[C@H](c3ccc(OC)c(OC)c3)[C@@H](O[Si](C(C)C)(C(C)C)C(C)C)C[C@H]1C2(OC)OC. The minimum absolute atomic E-state index is 0.0416. The van der Waals surface area contributed by atoms with E-state index in [-0.39, 0.29) is 23.7 Å². The first kappa shape index (κ1) is 33.8. The molecule has 0 N–H and O–H groups in total. The van der Waals surface area contributed by atoms with Crippen LogP contribution >= 0.6 is 0 Å². The summed E-state index contributed by atoms with van der Waals surface area (Å²) in [5, 5.41) is 0.837. The van der Waals surface area contributed by atoms with Crippen LogP contribution in [-0.2, 0) is 23.4 Å². The van der Waals surface area contributed by atoms with Crippen LogP contribution in [0.3, 0.4) is 0 Å². The number of ether oxygens (including phenoxy) is 5. The van der Waals surface area contributed by atoms with Gasteiger partial charge in [0.05, 0.1) is 47.3 Å². The summed E-state index contributed by atoms with van der Waals surface area (Å²) in [5.74, 6) is -0.425. The summed E-state index contributed by atoms with van der Waals surface area (Å²) in [7, 11) is 3.75. The lowest BCUT2D eigenvalue weighted by Gasteiger charge is -2.58. The predicted molar refractivity (Wildman–Crippen MR) is 169 cm³/mol. The van der Waals surface area contributed by atoms with Crippen molar-refractivity contribution >= 4 is 22.2 Å². The van der Waals surface area contributed by atoms with Gasteiger partial charge in [-0.2, -0.15) is 0 Å². The molecule has 232 valence electrons. The van der Waals surface area contributed by atoms with Gasteiger partial charge in [0.15, 0.2) is 23.1 Å². The van der Waals surface area contributed by atoms with Crippen molar-refractivity contribution in [3.8, 4) is 11.5 Å². The van der Waals surface area contributed by atoms with Crippen LogP contribution in [0.1, 0.15) is 59.4 Å². The molecule has 0 saturated heterocycles. The molecule has 0 aromatic heterocycles. The molecular weight excluding hydrogens is 553 g/mol. The Morgan fingerprint density at radius 1 is 0.805 bits per heavy atom. The van der Waals surface area contributed by atoms with Gasteiger partial charge in [0.1, 0.15) is 5.76 Å². The summed E-state index contributed by atoms with van der Waals surface area (Å²) >= 11 is 0. The Balaban J connectivity index is 2.41. The third-order valence-electron chi connectivity index (χ3n) is 9.70. The monoisotopic (exact) mass is 606 g/mol. The van der Waals surface area contributed by atoms with Crippen molar-refractivity contribution in [3.63, 3.8) is 0 Å². The molecule has 1 saturated carbocycles. The molecule has 0 aliphatic heterocycles. The van der Waals surface area contributed by atoms with Gasteiger partial charge in [-0.15, -0.1) is 0 Å². The third kappa shape index (κ3) is 5.46. The van der Waals surface area contributed by atoms with Crippen LogP contribution in [0.5, 0.6) is 11.5 Å². The van der Waals surface area contributed by atoms with E-state index < -0.39 is 28.1 Å². The highest BCUT2D eigenvalue weighted by Crippen LogP contribution is 2.59. The summed E-state index contributed by atoms with van der Waals surface area (Å²) in [5.41, 5.74) is 2.11. The van der Waals surface area contributed by atoms with Crippen LogP contribution in [0.4, 0.5) is 0 Å². The van der Waals surface area contributed by atoms with E-state index in [2.05, 4.69) is 61.2 Å². The van der Waals surface area contributed by atoms with E-state index in [0.717, 1.165) is 10.8 Å². The number of fused-ring (bicyclic) bond motifs is 2. The summed E-state index contributed by atoms with van der Waals surface area (Å²) < 4.78 is 37.6. The Morgan fingerprint density at radius 2 is 1.34 bits per heavy atom. The fourth-order valence-corrected chi connectivity index (χ4v) is 15.7. The number of Topliss-reactive ketones (excluding diaryl/α,β-unsaturated/α-hetero) is 1. The van der Waals surface area contributed by atoms with Crippen LogP contribution in [0, 0.1) is 11.8 Å². The quantitative estimate of drug-likeness (QED) is 0.182. The Hall–Kier alpha value is -1.66. The second kappa shape index (κ2) is 12.5. The van der Waals surface area contributed by atoms with Crippen molar-refractivity contribution in [3.05, 3.63) is 34.7 Å². The van der Waals surface area contributed by atoms with Gasteiger partial charge in [0.25, 0.3) is 0 Å². The maximum absolute atomic E-state index is 14.9. The highest BCUT2D eigenvalue weighted by molar-refractivity contribution is 6.87. The van der Waals surface area contributed by atoms with E-state index in [1.165, 1.54) is 0 Å². The molecule has 0 spiro atoms. The van der Waals surface area contributed by atoms with Gasteiger partial charge in [-0.25, -0.2) is 0 Å². The van der Waals surface area contributed by atoms with Gasteiger partial charge in [-0.1, -0.05) is 67.2 Å². The minimum atomic E-state index is -2.35. The highest BCUT2D eigenvalue weighted by atomic mass is 28.4. The standard InChI is InChI=1S/C32H54O7Si2/c1-19(2)41(20(3)4,21(5)6)39-26-18-23-30(36-9)31(40(12,13)14)29(33)28(32(23,37-10)38-11)27(26)22-15-16-24(34-7)25(17-22)35-8/h15-17,19-21,23,26-28H,18H2,1-14H3/t23-,26+,27-,28+/m1/s1. The van der Waals surface area contributed by atoms with Crippen LogP contribution in [-0.4, -0.2) is 69.6 Å². The zero-order valence-electron chi connectivity index (χ0n) is 27.8. The Morgan fingerprint density at radius 3 is 1.76 bits per heavy atom. The van der Waals surface area contributed by atoms with Gasteiger partial charge in [-0.3, -0.25) is 4.79 Å². The first-order valence-electron chi connectivity index (χ1n) is 15.0. The number of carbonyl (C=O) groups is 1. The van der Waals surface area contributed by atoms with Crippen molar-refractivity contribution < 1.29 is 32.9 Å². The van der Waals surface area contributed by atoms with Crippen LogP contribution in [0.25, 0.3) is 0 Å². The normalized spacial score (nSPS) is 24.9. The molecule has 2 aliphatic carbocycles. The fraction of sp³-hybridized carbons (Fsp3) is 0.719. The molecule has 1 aromatic rings. The Kier molecular flexibility index (Phi) is 10.3. The molecule has 0 unspecified atom stereocenters. The van der Waals surface area contributed by atoms with Gasteiger partial charge in [-0.05, 0) is 40.7 Å². The molecule has 3 rings (SSSR count). The second-order valence-corrected chi connectivity index (χ2v) is 24.0. The summed E-state index contributed by atoms with van der Waals surface area (Å²) in [6.07, 6.45) is 0.361. The summed E-state index contributed by atoms with van der Waals surface area (Å²) in [4.78, 5) is 14.9. The summed E-state index contributed by atoms with van der Waals surface area (Å²) in [6.45, 7) is 20.4. The van der Waals surface area contributed by atoms with Crippen LogP contribution in [0.2, 0.25) is 36.3 Å². The van der Waals surface area contributed by atoms with Gasteiger partial charge >= 0.3 is 0 Å². The molecule has 0 radical (unpaired) electrons. The molecule has 0 amide bonds. The Labute approximate surface area is 250 Å². The zero-order chi connectivity index (χ0) is 31.1. The van der Waals surface area contributed by atoms with E-state index in [1.807, 2.05) is 18.2 Å². The molecule has 7 nitrogen and oxygen atoms in total. The average Bonchev–Trinajstić information content (AvgIpc) is 2.91. The fourth-order valence-electron chi connectivity index (χ4n) is 8.18. The summed E-state index contributed by atoms with van der Waals surface area (Å²) in [6, 6.07) is 5.95. The molecule has 9 heteroatoms. The van der Waals surface area contributed by atoms with Crippen molar-refractivity contribution in [2.45, 2.75) is 102 Å². The molecule has 41 heavy (non-hydrogen) atoms. The van der Waals surface area contributed by atoms with E-state index in [4.69, 9.17) is 28.1 Å². The van der Waals surface area contributed by atoms with E-state index >= 15 is 0 Å². The number of methoxy groups -OCH3 is 5. The van der Waals surface area contributed by atoms with Gasteiger partial charge in [0.2, 0.25) is 8.32 Å². The van der Waals surface area contributed by atoms with Crippen molar-refractivity contribution in [2.24, 2.45) is 11.8 Å². The largest absolute Gasteiger partial charge is 0.501 e. The van der Waals surface area contributed by atoms with Crippen LogP contribution in [0.15, 0.2) is 29.2 Å². The molecule has 2 bridgehead atoms. The second-order valence-electron chi connectivity index (χ2n) is 13.6. The van der Waals surface area contributed by atoms with E-state index in [9.17, 15) is 4.79 Å². The minimum Gasteiger partial charge on any atom is -0.501 e. The van der Waals surface area contributed by atoms with Crippen molar-refractivity contribution in [1.29, 1.82) is 0 Å². The van der Waals surface area contributed by atoms with Gasteiger partial charge in [0, 0.05) is 25.3 Å². The lowest BCUT2D eigenvalue weighted by molar-refractivity contribution is -0.290. The van der Waals surface area contributed by atoms with Crippen molar-refractivity contribution in [2.75, 3.05) is 35.5 Å². The highest BCUT2D eigenvalue weighted by Gasteiger charge is 2.66. The number of rotatable bonds is 12. The first-order chi connectivity index (χ1) is 19.1. The molecule has 4 atom stereocenters. The Bertz CT molecular complexity index is 1100. The molecule has 1 fully saturated rings. The number of ketones is 1.